The Hall–Kier alpha value is -4.04. The number of halogens is 1. The lowest BCUT2D eigenvalue weighted by molar-refractivity contribution is -0.123. The van der Waals surface area contributed by atoms with E-state index in [1.807, 2.05) is 42.5 Å². The number of amides is 2. The van der Waals surface area contributed by atoms with Crippen molar-refractivity contribution in [3.8, 4) is 16.9 Å². The van der Waals surface area contributed by atoms with Gasteiger partial charge in [-0.3, -0.25) is 25.8 Å². The maximum absolute atomic E-state index is 12.9. The summed E-state index contributed by atoms with van der Waals surface area (Å²) in [6.45, 7) is -0.237. The first-order valence-electron chi connectivity index (χ1n) is 9.61. The van der Waals surface area contributed by atoms with Crippen molar-refractivity contribution in [3.63, 3.8) is 0 Å². The van der Waals surface area contributed by atoms with Crippen LogP contribution in [0.4, 0.5) is 4.39 Å². The van der Waals surface area contributed by atoms with E-state index in [9.17, 15) is 14.0 Å². The number of rotatable bonds is 6. The molecule has 32 heavy (non-hydrogen) atoms. The molecule has 0 bridgehead atoms. The van der Waals surface area contributed by atoms with Gasteiger partial charge in [0, 0.05) is 6.08 Å². The van der Waals surface area contributed by atoms with Gasteiger partial charge < -0.3 is 4.74 Å². The summed E-state index contributed by atoms with van der Waals surface area (Å²) >= 11 is 4.95. The van der Waals surface area contributed by atoms with Gasteiger partial charge in [0.15, 0.2) is 11.7 Å². The molecule has 0 aliphatic heterocycles. The first-order valence-corrected chi connectivity index (χ1v) is 10.0. The highest BCUT2D eigenvalue weighted by atomic mass is 32.1. The number of benzene rings is 3. The second kappa shape index (κ2) is 11.4. The molecule has 0 saturated heterocycles. The predicted molar refractivity (Wildman–Crippen MR) is 125 cm³/mol. The molecule has 8 heteroatoms. The van der Waals surface area contributed by atoms with E-state index in [0.717, 1.165) is 11.1 Å². The third-order valence-electron chi connectivity index (χ3n) is 4.18. The van der Waals surface area contributed by atoms with Gasteiger partial charge in [-0.1, -0.05) is 54.6 Å². The SMILES string of the molecule is O=C(C=Cc1ccc(F)cc1)NC(=S)NNC(=O)COc1ccc(-c2ccccc2)cc1. The molecular weight excluding hydrogens is 429 g/mol. The van der Waals surface area contributed by atoms with Crippen molar-refractivity contribution in [3.05, 3.63) is 96.3 Å². The van der Waals surface area contributed by atoms with Crippen molar-refractivity contribution in [2.45, 2.75) is 0 Å². The van der Waals surface area contributed by atoms with Gasteiger partial charge in [-0.15, -0.1) is 0 Å². The Balaban J connectivity index is 1.37. The lowest BCUT2D eigenvalue weighted by Crippen LogP contribution is -2.49. The van der Waals surface area contributed by atoms with Crippen LogP contribution < -0.4 is 20.9 Å². The molecule has 3 aromatic carbocycles. The topological polar surface area (TPSA) is 79.5 Å². The number of hydrogen-bond acceptors (Lipinski definition) is 4. The summed E-state index contributed by atoms with van der Waals surface area (Å²) in [4.78, 5) is 23.8. The molecule has 0 radical (unpaired) electrons. The van der Waals surface area contributed by atoms with Crippen molar-refractivity contribution < 1.29 is 18.7 Å². The molecule has 0 spiro atoms. The van der Waals surface area contributed by atoms with Crippen LogP contribution in [0.5, 0.6) is 5.75 Å². The largest absolute Gasteiger partial charge is 0.484 e. The van der Waals surface area contributed by atoms with Gasteiger partial charge in [-0.25, -0.2) is 4.39 Å². The summed E-state index contributed by atoms with van der Waals surface area (Å²) in [5, 5.41) is 2.29. The van der Waals surface area contributed by atoms with E-state index in [1.165, 1.54) is 36.4 Å². The van der Waals surface area contributed by atoms with E-state index in [-0.39, 0.29) is 17.5 Å². The first kappa shape index (κ1) is 22.6. The van der Waals surface area contributed by atoms with Crippen LogP contribution in [0.1, 0.15) is 5.56 Å². The van der Waals surface area contributed by atoms with E-state index < -0.39 is 11.8 Å². The Bertz CT molecular complexity index is 1100. The number of hydrogen-bond donors (Lipinski definition) is 3. The number of nitrogens with one attached hydrogen (secondary N) is 3. The van der Waals surface area contributed by atoms with Crippen molar-refractivity contribution >= 4 is 35.2 Å². The van der Waals surface area contributed by atoms with Crippen LogP contribution in [-0.4, -0.2) is 23.5 Å². The fraction of sp³-hybridized carbons (Fsp3) is 0.0417. The molecule has 6 nitrogen and oxygen atoms in total. The number of carbonyl (C=O) groups excluding carboxylic acids is 2. The monoisotopic (exact) mass is 449 g/mol. The fourth-order valence-corrected chi connectivity index (χ4v) is 2.77. The third kappa shape index (κ3) is 7.33. The van der Waals surface area contributed by atoms with Crippen LogP contribution in [0.2, 0.25) is 0 Å². The number of carbonyl (C=O) groups is 2. The second-order valence-electron chi connectivity index (χ2n) is 6.56. The maximum Gasteiger partial charge on any atom is 0.276 e. The number of ether oxygens (including phenoxy) is 1. The summed E-state index contributed by atoms with van der Waals surface area (Å²) in [6.07, 6.45) is 2.75. The smallest absolute Gasteiger partial charge is 0.276 e. The summed E-state index contributed by atoms with van der Waals surface area (Å²) in [5.74, 6) is -0.797. The standard InChI is InChI=1S/C24H20FN3O3S/c25-20-11-6-17(7-12-20)8-15-22(29)26-24(32)28-27-23(30)16-31-21-13-9-19(10-14-21)18-4-2-1-3-5-18/h1-15H,16H2,(H,27,30)(H2,26,28,29,32). The van der Waals surface area contributed by atoms with Gasteiger partial charge in [-0.05, 0) is 59.2 Å². The molecule has 0 unspecified atom stereocenters. The van der Waals surface area contributed by atoms with Gasteiger partial charge >= 0.3 is 0 Å². The van der Waals surface area contributed by atoms with E-state index >= 15 is 0 Å². The molecular formula is C24H20FN3O3S. The van der Waals surface area contributed by atoms with Crippen LogP contribution >= 0.6 is 12.2 Å². The first-order chi connectivity index (χ1) is 15.5. The van der Waals surface area contributed by atoms with Gasteiger partial charge in [0.2, 0.25) is 5.91 Å². The molecule has 3 N–H and O–H groups in total. The molecule has 3 aromatic rings. The van der Waals surface area contributed by atoms with Crippen LogP contribution in [0.15, 0.2) is 84.9 Å². The zero-order chi connectivity index (χ0) is 22.8. The van der Waals surface area contributed by atoms with Crippen molar-refractivity contribution in [2.75, 3.05) is 6.61 Å². The molecule has 0 aromatic heterocycles. The van der Waals surface area contributed by atoms with Crippen molar-refractivity contribution in [1.29, 1.82) is 0 Å². The molecule has 0 fully saturated rings. The summed E-state index contributed by atoms with van der Waals surface area (Å²) in [5.41, 5.74) is 7.54. The lowest BCUT2D eigenvalue weighted by atomic mass is 10.1. The minimum atomic E-state index is -0.504. The summed E-state index contributed by atoms with van der Waals surface area (Å²) < 4.78 is 18.3. The van der Waals surface area contributed by atoms with Gasteiger partial charge in [0.25, 0.3) is 5.91 Å². The van der Waals surface area contributed by atoms with Crippen molar-refractivity contribution in [2.24, 2.45) is 0 Å². The Morgan fingerprint density at radius 2 is 1.53 bits per heavy atom. The van der Waals surface area contributed by atoms with Crippen LogP contribution in [0.25, 0.3) is 17.2 Å². The molecule has 0 atom stereocenters. The molecule has 0 aliphatic carbocycles. The molecule has 0 saturated carbocycles. The van der Waals surface area contributed by atoms with Gasteiger partial charge in [-0.2, -0.15) is 0 Å². The third-order valence-corrected chi connectivity index (χ3v) is 4.38. The van der Waals surface area contributed by atoms with Crippen LogP contribution in [-0.2, 0) is 9.59 Å². The zero-order valence-electron chi connectivity index (χ0n) is 16.9. The molecule has 162 valence electrons. The average Bonchev–Trinajstić information content (AvgIpc) is 2.82. The van der Waals surface area contributed by atoms with Gasteiger partial charge in [0.1, 0.15) is 11.6 Å². The highest BCUT2D eigenvalue weighted by Gasteiger charge is 2.06. The molecule has 0 heterocycles. The average molecular weight is 450 g/mol. The van der Waals surface area contributed by atoms with E-state index in [1.54, 1.807) is 12.1 Å². The van der Waals surface area contributed by atoms with E-state index in [4.69, 9.17) is 17.0 Å². The van der Waals surface area contributed by atoms with Crippen LogP contribution in [0.3, 0.4) is 0 Å². The molecule has 2 amide bonds. The van der Waals surface area contributed by atoms with Crippen molar-refractivity contribution in [1.82, 2.24) is 16.2 Å². The van der Waals surface area contributed by atoms with E-state index in [0.29, 0.717) is 11.3 Å². The summed E-state index contributed by atoms with van der Waals surface area (Å²) in [7, 11) is 0. The minimum Gasteiger partial charge on any atom is -0.484 e. The highest BCUT2D eigenvalue weighted by molar-refractivity contribution is 7.80. The Morgan fingerprint density at radius 3 is 2.22 bits per heavy atom. The van der Waals surface area contributed by atoms with Crippen LogP contribution in [0, 0.1) is 5.82 Å². The molecule has 3 rings (SSSR count). The second-order valence-corrected chi connectivity index (χ2v) is 6.96. The zero-order valence-corrected chi connectivity index (χ0v) is 17.7. The Kier molecular flexibility index (Phi) is 8.05. The highest BCUT2D eigenvalue weighted by Crippen LogP contribution is 2.21. The fourth-order valence-electron chi connectivity index (χ4n) is 2.62. The van der Waals surface area contributed by atoms with E-state index in [2.05, 4.69) is 16.2 Å². The number of thiocarbonyl (C=S) groups is 1. The Labute approximate surface area is 190 Å². The van der Waals surface area contributed by atoms with Gasteiger partial charge in [0.05, 0.1) is 0 Å². The summed E-state index contributed by atoms with van der Waals surface area (Å²) in [6, 6.07) is 22.9. The number of hydrazine groups is 1. The predicted octanol–water partition coefficient (Wildman–Crippen LogP) is 3.61. The normalized spacial score (nSPS) is 10.4. The lowest BCUT2D eigenvalue weighted by Gasteiger charge is -2.11. The quantitative estimate of drug-likeness (QED) is 0.304. The Morgan fingerprint density at radius 1 is 0.875 bits per heavy atom. The molecule has 0 aliphatic rings. The minimum absolute atomic E-state index is 0.0840. The maximum atomic E-state index is 12.9.